The highest BCUT2D eigenvalue weighted by Crippen LogP contribution is 2.40. The Labute approximate surface area is 210 Å². The lowest BCUT2D eigenvalue weighted by atomic mass is 10.0. The number of para-hydroxylation sites is 1. The predicted octanol–water partition coefficient (Wildman–Crippen LogP) is 6.88. The first-order valence-corrected chi connectivity index (χ1v) is 12.3. The number of carbonyl (C=O) groups excluding carboxylic acids is 1. The minimum absolute atomic E-state index is 0.102. The highest BCUT2D eigenvalue weighted by atomic mass is 32.2. The Morgan fingerprint density at radius 3 is 2.46 bits per heavy atom. The van der Waals surface area contributed by atoms with Gasteiger partial charge in [-0.05, 0) is 73.5 Å². The Bertz CT molecular complexity index is 1270. The van der Waals surface area contributed by atoms with Gasteiger partial charge in [0, 0.05) is 5.56 Å². The maximum atomic E-state index is 13.7. The van der Waals surface area contributed by atoms with Crippen molar-refractivity contribution >= 4 is 34.6 Å². The highest BCUT2D eigenvalue weighted by molar-refractivity contribution is 8.18. The van der Waals surface area contributed by atoms with Crippen LogP contribution in [0.1, 0.15) is 36.6 Å². The summed E-state index contributed by atoms with van der Waals surface area (Å²) in [7, 11) is 0. The second-order valence-electron chi connectivity index (χ2n) is 8.05. The van der Waals surface area contributed by atoms with Crippen LogP contribution in [-0.4, -0.2) is 27.7 Å². The van der Waals surface area contributed by atoms with Gasteiger partial charge in [-0.25, -0.2) is 4.99 Å². The Hall–Kier alpha value is -3.77. The van der Waals surface area contributed by atoms with Gasteiger partial charge in [0.25, 0.3) is 5.91 Å². The lowest BCUT2D eigenvalue weighted by Crippen LogP contribution is -2.32. The molecule has 1 amide bonds. The van der Waals surface area contributed by atoms with Gasteiger partial charge in [-0.15, -0.1) is 6.58 Å². The van der Waals surface area contributed by atoms with Crippen LogP contribution in [0.3, 0.4) is 0 Å². The van der Waals surface area contributed by atoms with E-state index in [2.05, 4.69) is 6.58 Å². The van der Waals surface area contributed by atoms with Gasteiger partial charge in [-0.2, -0.15) is 0 Å². The molecule has 0 spiro atoms. The molecule has 3 aromatic rings. The molecule has 0 radical (unpaired) electrons. The van der Waals surface area contributed by atoms with Crippen LogP contribution in [0.4, 0.5) is 5.69 Å². The molecular weight excluding hydrogens is 456 g/mol. The molecular formula is C29H28N2O3S. The van der Waals surface area contributed by atoms with Gasteiger partial charge in [0.2, 0.25) is 0 Å². The number of rotatable bonds is 8. The molecule has 1 N–H and O–H groups in total. The first kappa shape index (κ1) is 24.4. The molecule has 1 saturated heterocycles. The quantitative estimate of drug-likeness (QED) is 0.279. The van der Waals surface area contributed by atoms with Crippen molar-refractivity contribution in [1.29, 1.82) is 0 Å². The summed E-state index contributed by atoms with van der Waals surface area (Å²) in [5.41, 5.74) is 3.28. The minimum Gasteiger partial charge on any atom is -0.504 e. The summed E-state index contributed by atoms with van der Waals surface area (Å²) in [4.78, 5) is 20.8. The van der Waals surface area contributed by atoms with Crippen molar-refractivity contribution in [2.75, 3.05) is 6.61 Å². The second-order valence-corrected chi connectivity index (χ2v) is 9.06. The number of aliphatic imine (C=N–C) groups is 1. The van der Waals surface area contributed by atoms with Crippen molar-refractivity contribution < 1.29 is 14.6 Å². The lowest BCUT2D eigenvalue weighted by molar-refractivity contribution is -0.123. The second kappa shape index (κ2) is 11.1. The van der Waals surface area contributed by atoms with Crippen LogP contribution in [0.2, 0.25) is 0 Å². The molecule has 0 unspecified atom stereocenters. The molecule has 1 aliphatic rings. The monoisotopic (exact) mass is 484 g/mol. The van der Waals surface area contributed by atoms with Gasteiger partial charge < -0.3 is 9.84 Å². The van der Waals surface area contributed by atoms with Gasteiger partial charge >= 0.3 is 0 Å². The molecule has 5 nitrogen and oxygen atoms in total. The van der Waals surface area contributed by atoms with Crippen molar-refractivity contribution in [3.05, 3.63) is 107 Å². The fourth-order valence-corrected chi connectivity index (χ4v) is 4.97. The average Bonchev–Trinajstić information content (AvgIpc) is 3.17. The van der Waals surface area contributed by atoms with Crippen LogP contribution in [-0.2, 0) is 11.2 Å². The maximum absolute atomic E-state index is 13.7. The van der Waals surface area contributed by atoms with Gasteiger partial charge in [0.15, 0.2) is 16.7 Å². The van der Waals surface area contributed by atoms with E-state index in [1.807, 2.05) is 86.7 Å². The van der Waals surface area contributed by atoms with E-state index in [1.54, 1.807) is 17.0 Å². The lowest BCUT2D eigenvalue weighted by Gasteiger charge is -2.24. The molecule has 178 valence electrons. The molecule has 35 heavy (non-hydrogen) atoms. The van der Waals surface area contributed by atoms with Crippen LogP contribution in [0.25, 0.3) is 6.08 Å². The average molecular weight is 485 g/mol. The zero-order valence-electron chi connectivity index (χ0n) is 19.8. The summed E-state index contributed by atoms with van der Waals surface area (Å²) >= 11 is 1.35. The molecule has 1 aliphatic heterocycles. The number of aromatic hydroxyl groups is 1. The Morgan fingerprint density at radius 2 is 1.80 bits per heavy atom. The van der Waals surface area contributed by atoms with Crippen LogP contribution >= 0.6 is 11.8 Å². The van der Waals surface area contributed by atoms with Crippen LogP contribution in [0.15, 0.2) is 95.3 Å². The summed E-state index contributed by atoms with van der Waals surface area (Å²) in [5, 5.41) is 11.2. The van der Waals surface area contributed by atoms with Crippen molar-refractivity contribution in [2.45, 2.75) is 26.3 Å². The first-order valence-electron chi connectivity index (χ1n) is 11.5. The summed E-state index contributed by atoms with van der Waals surface area (Å²) in [6.07, 6.45) is 4.05. The molecule has 0 aromatic heterocycles. The fourth-order valence-electron chi connectivity index (χ4n) is 3.90. The minimum atomic E-state index is -0.195. The van der Waals surface area contributed by atoms with E-state index in [4.69, 9.17) is 9.73 Å². The van der Waals surface area contributed by atoms with Crippen molar-refractivity contribution in [3.63, 3.8) is 0 Å². The third-order valence-electron chi connectivity index (χ3n) is 5.63. The number of phenols is 1. The van der Waals surface area contributed by atoms with E-state index in [-0.39, 0.29) is 17.7 Å². The van der Waals surface area contributed by atoms with Gasteiger partial charge in [-0.1, -0.05) is 54.6 Å². The number of phenolic OH excluding ortho intramolecular Hbond substituents is 1. The summed E-state index contributed by atoms with van der Waals surface area (Å²) in [5.74, 6) is 0.379. The number of ether oxygens (including phenoxy) is 1. The topological polar surface area (TPSA) is 62.1 Å². The Balaban J connectivity index is 1.77. The number of carbonyl (C=O) groups is 1. The van der Waals surface area contributed by atoms with Crippen LogP contribution in [0.5, 0.6) is 11.5 Å². The number of benzene rings is 3. The third kappa shape index (κ3) is 5.49. The molecule has 3 aromatic carbocycles. The first-order chi connectivity index (χ1) is 17.0. The van der Waals surface area contributed by atoms with E-state index in [0.29, 0.717) is 34.4 Å². The van der Waals surface area contributed by atoms with E-state index in [9.17, 15) is 9.90 Å². The molecule has 0 aliphatic carbocycles. The number of thioether (sulfide) groups is 1. The van der Waals surface area contributed by atoms with Gasteiger partial charge in [0.1, 0.15) is 0 Å². The fraction of sp³-hybridized carbons (Fsp3) is 0.172. The van der Waals surface area contributed by atoms with E-state index >= 15 is 0 Å². The SMILES string of the molecule is C=CCc1cc(/C=C2/SC(=Nc3ccccc3)N([C@H](C)c3ccccc3)C2=O)cc(OCC)c1O. The smallest absolute Gasteiger partial charge is 0.267 e. The van der Waals surface area contributed by atoms with Crippen LogP contribution < -0.4 is 4.74 Å². The number of amidine groups is 1. The molecule has 0 saturated carbocycles. The standard InChI is InChI=1S/C29H28N2O3S/c1-4-12-23-17-21(18-25(27(23)32)34-5-2)19-26-28(33)31(20(3)22-13-8-6-9-14-22)29(35-26)30-24-15-10-7-11-16-24/h4,6-11,13-20,32H,1,5,12H2,2-3H3/b26-19+,30-29?/t20-/m1/s1. The zero-order valence-corrected chi connectivity index (χ0v) is 20.7. The molecule has 1 fully saturated rings. The van der Waals surface area contributed by atoms with E-state index in [1.165, 1.54) is 11.8 Å². The maximum Gasteiger partial charge on any atom is 0.267 e. The molecule has 1 heterocycles. The predicted molar refractivity (Wildman–Crippen MR) is 144 cm³/mol. The molecule has 1 atom stereocenters. The summed E-state index contributed by atoms with van der Waals surface area (Å²) in [6.45, 7) is 8.07. The Kier molecular flexibility index (Phi) is 7.73. The number of nitrogens with zero attached hydrogens (tertiary/aromatic N) is 2. The van der Waals surface area contributed by atoms with E-state index in [0.717, 1.165) is 16.8 Å². The van der Waals surface area contributed by atoms with Crippen molar-refractivity contribution in [1.82, 2.24) is 4.90 Å². The molecule has 4 rings (SSSR count). The van der Waals surface area contributed by atoms with Gasteiger partial charge in [-0.3, -0.25) is 9.69 Å². The van der Waals surface area contributed by atoms with Crippen molar-refractivity contribution in [2.24, 2.45) is 4.99 Å². The molecule has 0 bridgehead atoms. The highest BCUT2D eigenvalue weighted by Gasteiger charge is 2.37. The molecule has 6 heteroatoms. The normalized spacial score (nSPS) is 16.6. The van der Waals surface area contributed by atoms with E-state index < -0.39 is 0 Å². The summed E-state index contributed by atoms with van der Waals surface area (Å²) < 4.78 is 5.63. The summed E-state index contributed by atoms with van der Waals surface area (Å²) in [6, 6.07) is 23.0. The largest absolute Gasteiger partial charge is 0.504 e. The number of hydrogen-bond donors (Lipinski definition) is 1. The van der Waals surface area contributed by atoms with Crippen molar-refractivity contribution in [3.8, 4) is 11.5 Å². The number of hydrogen-bond acceptors (Lipinski definition) is 5. The Morgan fingerprint density at radius 1 is 1.11 bits per heavy atom. The number of amides is 1. The zero-order chi connectivity index (χ0) is 24.8. The third-order valence-corrected chi connectivity index (χ3v) is 6.61. The van der Waals surface area contributed by atoms with Gasteiger partial charge in [0.05, 0.1) is 23.2 Å². The van der Waals surface area contributed by atoms with Crippen LogP contribution in [0, 0.1) is 0 Å². The number of allylic oxidation sites excluding steroid dienone is 1.